The number of pyridine rings is 1. The van der Waals surface area contributed by atoms with Crippen molar-refractivity contribution >= 4 is 27.0 Å². The number of hydrogen-bond donors (Lipinski definition) is 1. The van der Waals surface area contributed by atoms with Crippen LogP contribution in [-0.4, -0.2) is 38.8 Å². The smallest absolute Gasteiger partial charge is 0.253 e. The summed E-state index contributed by atoms with van der Waals surface area (Å²) in [4.78, 5) is 25.7. The largest absolute Gasteiger partial charge is 0.318 e. The predicted octanol–water partition coefficient (Wildman–Crippen LogP) is 1.59. The molecule has 0 atom stereocenters. The SMILES string of the molecule is Cc1cc(-c2nc(NS(C)(=O)=O)c3nc(C)n(CC4CC4)c3n2)cn(C)c1=O. The third-order valence-electron chi connectivity index (χ3n) is 4.83. The summed E-state index contributed by atoms with van der Waals surface area (Å²) in [7, 11) is -1.89. The van der Waals surface area contributed by atoms with Crippen LogP contribution in [0.15, 0.2) is 17.1 Å². The Bertz CT molecular complexity index is 1230. The highest BCUT2D eigenvalue weighted by Gasteiger charge is 2.26. The first-order valence-corrected chi connectivity index (χ1v) is 10.9. The number of nitrogens with zero attached hydrogens (tertiary/aromatic N) is 5. The Hall–Kier alpha value is -2.75. The molecule has 28 heavy (non-hydrogen) atoms. The lowest BCUT2D eigenvalue weighted by Gasteiger charge is -2.10. The summed E-state index contributed by atoms with van der Waals surface area (Å²) in [6.07, 6.45) is 5.07. The van der Waals surface area contributed by atoms with Crippen LogP contribution in [0.1, 0.15) is 24.2 Å². The Balaban J connectivity index is 1.97. The van der Waals surface area contributed by atoms with Crippen molar-refractivity contribution in [3.8, 4) is 11.4 Å². The second kappa shape index (κ2) is 6.40. The van der Waals surface area contributed by atoms with Crippen molar-refractivity contribution in [3.05, 3.63) is 34.0 Å². The van der Waals surface area contributed by atoms with Crippen molar-refractivity contribution in [2.24, 2.45) is 13.0 Å². The third-order valence-corrected chi connectivity index (χ3v) is 5.39. The Labute approximate surface area is 162 Å². The molecule has 3 heterocycles. The highest BCUT2D eigenvalue weighted by molar-refractivity contribution is 7.92. The minimum atomic E-state index is -3.55. The van der Waals surface area contributed by atoms with E-state index in [0.29, 0.717) is 34.0 Å². The van der Waals surface area contributed by atoms with E-state index < -0.39 is 10.0 Å². The summed E-state index contributed by atoms with van der Waals surface area (Å²) in [5.41, 5.74) is 2.11. The first-order chi connectivity index (χ1) is 13.1. The number of hydrogen-bond acceptors (Lipinski definition) is 6. The average Bonchev–Trinajstić information content (AvgIpc) is 3.35. The molecule has 148 valence electrons. The van der Waals surface area contributed by atoms with E-state index in [2.05, 4.69) is 19.7 Å². The average molecular weight is 402 g/mol. The van der Waals surface area contributed by atoms with Crippen LogP contribution in [0.4, 0.5) is 5.82 Å². The molecule has 1 saturated carbocycles. The molecule has 4 rings (SSSR count). The van der Waals surface area contributed by atoms with E-state index in [4.69, 9.17) is 0 Å². The summed E-state index contributed by atoms with van der Waals surface area (Å²) < 4.78 is 29.7. The molecule has 3 aromatic rings. The number of anilines is 1. The molecule has 0 saturated heterocycles. The van der Waals surface area contributed by atoms with E-state index in [1.165, 1.54) is 17.4 Å². The first kappa shape index (κ1) is 18.6. The maximum Gasteiger partial charge on any atom is 0.253 e. The number of nitrogens with one attached hydrogen (secondary N) is 1. The molecule has 0 spiro atoms. The number of aromatic nitrogens is 5. The maximum absolute atomic E-state index is 12.0. The van der Waals surface area contributed by atoms with Gasteiger partial charge in [0, 0.05) is 30.9 Å². The lowest BCUT2D eigenvalue weighted by atomic mass is 10.2. The zero-order valence-corrected chi connectivity index (χ0v) is 17.0. The molecule has 0 aromatic carbocycles. The van der Waals surface area contributed by atoms with Crippen LogP contribution in [0.3, 0.4) is 0 Å². The van der Waals surface area contributed by atoms with Crippen molar-refractivity contribution in [2.45, 2.75) is 33.2 Å². The molecule has 0 radical (unpaired) electrons. The van der Waals surface area contributed by atoms with Gasteiger partial charge in [-0.25, -0.2) is 23.4 Å². The van der Waals surface area contributed by atoms with Crippen LogP contribution in [0, 0.1) is 19.8 Å². The molecule has 3 aromatic heterocycles. The van der Waals surface area contributed by atoms with E-state index >= 15 is 0 Å². The molecule has 9 nitrogen and oxygen atoms in total. The molecule has 1 N–H and O–H groups in total. The van der Waals surface area contributed by atoms with Crippen molar-refractivity contribution in [3.63, 3.8) is 0 Å². The van der Waals surface area contributed by atoms with Gasteiger partial charge in [0.15, 0.2) is 22.8 Å². The molecule has 0 unspecified atom stereocenters. The Morgan fingerprint density at radius 1 is 1.21 bits per heavy atom. The summed E-state index contributed by atoms with van der Waals surface area (Å²) in [6.45, 7) is 4.40. The molecule has 1 aliphatic rings. The monoisotopic (exact) mass is 402 g/mol. The number of imidazole rings is 1. The van der Waals surface area contributed by atoms with E-state index in [9.17, 15) is 13.2 Å². The fourth-order valence-electron chi connectivity index (χ4n) is 3.26. The van der Waals surface area contributed by atoms with Gasteiger partial charge in [-0.3, -0.25) is 9.52 Å². The molecule has 0 aliphatic heterocycles. The van der Waals surface area contributed by atoms with Gasteiger partial charge in [-0.15, -0.1) is 0 Å². The molecule has 10 heteroatoms. The number of rotatable bonds is 5. The van der Waals surface area contributed by atoms with Gasteiger partial charge in [0.2, 0.25) is 10.0 Å². The zero-order valence-electron chi connectivity index (χ0n) is 16.2. The van der Waals surface area contributed by atoms with Crippen LogP contribution in [0.5, 0.6) is 0 Å². The maximum atomic E-state index is 12.0. The molecule has 0 bridgehead atoms. The lowest BCUT2D eigenvalue weighted by molar-refractivity contribution is 0.606. The molecule has 1 aliphatic carbocycles. The molecular formula is C18H22N6O3S. The topological polar surface area (TPSA) is 112 Å². The van der Waals surface area contributed by atoms with Gasteiger partial charge in [0.25, 0.3) is 5.56 Å². The van der Waals surface area contributed by atoms with Crippen LogP contribution in [0.2, 0.25) is 0 Å². The molecule has 0 amide bonds. The van der Waals surface area contributed by atoms with E-state index in [1.807, 2.05) is 11.5 Å². The number of aryl methyl sites for hydroxylation is 3. The van der Waals surface area contributed by atoms with Crippen molar-refractivity contribution < 1.29 is 8.42 Å². The Kier molecular flexibility index (Phi) is 4.25. The van der Waals surface area contributed by atoms with Crippen LogP contribution in [-0.2, 0) is 23.6 Å². The van der Waals surface area contributed by atoms with Crippen LogP contribution in [0.25, 0.3) is 22.6 Å². The normalized spacial score (nSPS) is 14.6. The molecular weight excluding hydrogens is 380 g/mol. The second-order valence-electron chi connectivity index (χ2n) is 7.48. The second-order valence-corrected chi connectivity index (χ2v) is 9.23. The lowest BCUT2D eigenvalue weighted by Crippen LogP contribution is -2.19. The van der Waals surface area contributed by atoms with Crippen LogP contribution < -0.4 is 10.3 Å². The predicted molar refractivity (Wildman–Crippen MR) is 107 cm³/mol. The zero-order chi connectivity index (χ0) is 20.2. The Morgan fingerprint density at radius 2 is 1.93 bits per heavy atom. The van der Waals surface area contributed by atoms with Gasteiger partial charge in [-0.05, 0) is 38.7 Å². The van der Waals surface area contributed by atoms with Crippen molar-refractivity contribution in [2.75, 3.05) is 11.0 Å². The summed E-state index contributed by atoms with van der Waals surface area (Å²) in [5.74, 6) is 1.85. The summed E-state index contributed by atoms with van der Waals surface area (Å²) in [5, 5.41) is 0. The van der Waals surface area contributed by atoms with E-state index in [0.717, 1.165) is 18.6 Å². The highest BCUT2D eigenvalue weighted by atomic mass is 32.2. The first-order valence-electron chi connectivity index (χ1n) is 9.02. The fraction of sp³-hybridized carbons (Fsp3) is 0.444. The van der Waals surface area contributed by atoms with Crippen molar-refractivity contribution in [1.29, 1.82) is 0 Å². The fourth-order valence-corrected chi connectivity index (χ4v) is 3.76. The molecule has 1 fully saturated rings. The standard InChI is InChI=1S/C18H22N6O3S/c1-10-7-13(9-23(3)18(10)25)15-20-16(22-28(4,26)27)14-17(21-15)24(11(2)19-14)8-12-5-6-12/h7,9,12H,5-6,8H2,1-4H3,(H,20,21,22). The highest BCUT2D eigenvalue weighted by Crippen LogP contribution is 2.33. The minimum Gasteiger partial charge on any atom is -0.318 e. The number of sulfonamides is 1. The van der Waals surface area contributed by atoms with Gasteiger partial charge in [-0.1, -0.05) is 0 Å². The van der Waals surface area contributed by atoms with Crippen molar-refractivity contribution in [1.82, 2.24) is 24.1 Å². The van der Waals surface area contributed by atoms with Crippen LogP contribution >= 0.6 is 0 Å². The summed E-state index contributed by atoms with van der Waals surface area (Å²) >= 11 is 0. The summed E-state index contributed by atoms with van der Waals surface area (Å²) in [6, 6.07) is 1.71. The van der Waals surface area contributed by atoms with E-state index in [1.54, 1.807) is 26.2 Å². The Morgan fingerprint density at radius 3 is 2.54 bits per heavy atom. The van der Waals surface area contributed by atoms with Gasteiger partial charge >= 0.3 is 0 Å². The van der Waals surface area contributed by atoms with Gasteiger partial charge in [0.1, 0.15) is 5.82 Å². The minimum absolute atomic E-state index is 0.103. The van der Waals surface area contributed by atoms with E-state index in [-0.39, 0.29) is 11.4 Å². The third kappa shape index (κ3) is 3.51. The number of fused-ring (bicyclic) bond motifs is 1. The van der Waals surface area contributed by atoms with Gasteiger partial charge < -0.3 is 9.13 Å². The van der Waals surface area contributed by atoms with Gasteiger partial charge in [-0.2, -0.15) is 0 Å². The quantitative estimate of drug-likeness (QED) is 0.694. The van der Waals surface area contributed by atoms with Gasteiger partial charge in [0.05, 0.1) is 6.26 Å².